The van der Waals surface area contributed by atoms with E-state index >= 15 is 0 Å². The molecule has 2 heterocycles. The number of hydrogen-bond donors (Lipinski definition) is 3. The van der Waals surface area contributed by atoms with E-state index < -0.39 is 87.5 Å². The molecule has 0 spiro atoms. The molecule has 1 saturated carbocycles. The number of hydrogen-bond acceptors (Lipinski definition) is 9. The van der Waals surface area contributed by atoms with Crippen LogP contribution < -0.4 is 15.4 Å². The highest BCUT2D eigenvalue weighted by atomic mass is 32.2. The largest absolute Gasteiger partial charge is 0.444 e. The van der Waals surface area contributed by atoms with Gasteiger partial charge in [-0.3, -0.25) is 14.4 Å². The van der Waals surface area contributed by atoms with E-state index in [1.54, 1.807) is 41.5 Å². The smallest absolute Gasteiger partial charge is 0.408 e. The quantitative estimate of drug-likeness (QED) is 0.262. The van der Waals surface area contributed by atoms with Gasteiger partial charge in [-0.15, -0.1) is 0 Å². The summed E-state index contributed by atoms with van der Waals surface area (Å²) in [5.74, 6) is -4.62. The van der Waals surface area contributed by atoms with Crippen LogP contribution in [0.3, 0.4) is 0 Å². The van der Waals surface area contributed by atoms with Gasteiger partial charge in [0.15, 0.2) is 0 Å². The molecule has 0 aromatic heterocycles. The van der Waals surface area contributed by atoms with E-state index in [0.717, 1.165) is 26.6 Å². The Balaban J connectivity index is 1.30. The zero-order chi connectivity index (χ0) is 39.4. The number of likely N-dealkylation sites (tertiary alicyclic amines) is 1. The van der Waals surface area contributed by atoms with Crippen molar-refractivity contribution in [2.24, 2.45) is 16.5 Å². The zero-order valence-corrected chi connectivity index (χ0v) is 31.8. The van der Waals surface area contributed by atoms with Crippen molar-refractivity contribution in [2.75, 3.05) is 19.6 Å². The molecule has 2 aliphatic carbocycles. The van der Waals surface area contributed by atoms with E-state index in [9.17, 15) is 36.4 Å². The Morgan fingerprint density at radius 3 is 1.98 bits per heavy atom. The molecule has 14 nitrogen and oxygen atoms in total. The summed E-state index contributed by atoms with van der Waals surface area (Å²) in [7, 11) is -4.33. The Bertz CT molecular complexity index is 1930. The number of alkyl carbamates (subject to hydrolysis) is 1. The Kier molecular flexibility index (Phi) is 10.3. The van der Waals surface area contributed by atoms with Crippen molar-refractivity contribution in [3.63, 3.8) is 0 Å². The second kappa shape index (κ2) is 14.2. The van der Waals surface area contributed by atoms with Crippen molar-refractivity contribution < 1.29 is 46.0 Å². The van der Waals surface area contributed by atoms with Crippen LogP contribution in [0.15, 0.2) is 53.7 Å². The summed E-state index contributed by atoms with van der Waals surface area (Å²) < 4.78 is 62.0. The van der Waals surface area contributed by atoms with Crippen molar-refractivity contribution in [3.05, 3.63) is 59.7 Å². The molecule has 4 amide bonds. The molecule has 5 atom stereocenters. The predicted octanol–water partition coefficient (Wildman–Crippen LogP) is 3.55. The Hall–Kier alpha value is -4.64. The number of nitrogens with zero attached hydrogens (tertiary/aromatic N) is 3. The van der Waals surface area contributed by atoms with Gasteiger partial charge < -0.3 is 25.1 Å². The van der Waals surface area contributed by atoms with Gasteiger partial charge in [-0.25, -0.2) is 18.3 Å². The summed E-state index contributed by atoms with van der Waals surface area (Å²) in [6.45, 7) is 10.3. The maximum Gasteiger partial charge on any atom is 0.408 e. The number of halogens is 2. The monoisotopic (exact) mass is 772 g/mol. The molecule has 2 saturated heterocycles. The van der Waals surface area contributed by atoms with Gasteiger partial charge in [0.25, 0.3) is 5.91 Å². The minimum Gasteiger partial charge on any atom is -0.444 e. The van der Waals surface area contributed by atoms with Gasteiger partial charge in [0, 0.05) is 30.6 Å². The van der Waals surface area contributed by atoms with Crippen LogP contribution in [0.2, 0.25) is 0 Å². The van der Waals surface area contributed by atoms with E-state index in [4.69, 9.17) is 9.57 Å². The van der Waals surface area contributed by atoms with Gasteiger partial charge in [0.2, 0.25) is 18.2 Å². The standard InChI is InChI=1S/C37H46F2N6O8S/c1-35(2,3)29(40-34(49)52-36(4,5)6)32(47)45-20-21(53-42-28-24-14-9-7-12-22(24)23-13-8-10-15-25(23)28)18-27(45)31(46)41-37(19-26(37)30(38)39)33(48)43-54(50,51)44-16-11-17-44/h7-10,12-15,21,26-27,29-30H,11,16-20H2,1-6H3,(H,40,49)(H,41,46)(H,43,48)/t21-,26+,27?,29-,37+/m1/s1. The maximum atomic E-state index is 14.4. The lowest BCUT2D eigenvalue weighted by molar-refractivity contribution is -0.143. The van der Waals surface area contributed by atoms with E-state index in [2.05, 4.69) is 15.8 Å². The first-order chi connectivity index (χ1) is 25.2. The van der Waals surface area contributed by atoms with Crippen LogP contribution in [0.25, 0.3) is 11.1 Å². The number of rotatable bonds is 10. The van der Waals surface area contributed by atoms with Crippen LogP contribution in [0, 0.1) is 11.3 Å². The molecule has 2 aromatic rings. The third-order valence-corrected chi connectivity index (χ3v) is 11.5. The first kappa shape index (κ1) is 39.1. The lowest BCUT2D eigenvalue weighted by Gasteiger charge is -2.36. The SMILES string of the molecule is CC(C)(C)OC(=O)N[C@H](C(=O)N1C[C@H](ON=C2c3ccccc3-c3ccccc32)CC1C(=O)N[C@@]1(C(=O)NS(=O)(=O)N2CCC2)C[C@H]1C(F)F)C(C)(C)C. The van der Waals surface area contributed by atoms with Gasteiger partial charge in [0.1, 0.15) is 35.0 Å². The third-order valence-electron chi connectivity index (χ3n) is 10.0. The van der Waals surface area contributed by atoms with Gasteiger partial charge in [-0.2, -0.15) is 12.7 Å². The van der Waals surface area contributed by atoms with Gasteiger partial charge in [-0.05, 0) is 50.2 Å². The first-order valence-electron chi connectivity index (χ1n) is 17.9. The number of alkyl halides is 2. The number of fused-ring (bicyclic) bond motifs is 3. The Morgan fingerprint density at radius 2 is 1.50 bits per heavy atom. The average Bonchev–Trinajstić information content (AvgIpc) is 3.48. The van der Waals surface area contributed by atoms with Crippen molar-refractivity contribution in [2.45, 2.75) is 96.6 Å². The summed E-state index contributed by atoms with van der Waals surface area (Å²) >= 11 is 0. The maximum absolute atomic E-state index is 14.4. The van der Waals surface area contributed by atoms with Crippen molar-refractivity contribution in [1.29, 1.82) is 0 Å². The van der Waals surface area contributed by atoms with Crippen LogP contribution >= 0.6 is 0 Å². The minimum absolute atomic E-state index is 0.161. The number of carbonyl (C=O) groups is 4. The summed E-state index contributed by atoms with van der Waals surface area (Å²) in [6.07, 6.45) is -4.92. The molecule has 4 aliphatic rings. The van der Waals surface area contributed by atoms with Crippen LogP contribution in [-0.4, -0.2) is 103 Å². The summed E-state index contributed by atoms with van der Waals surface area (Å²) in [5.41, 5.74) is 0.0573. The van der Waals surface area contributed by atoms with Gasteiger partial charge in [0.05, 0.1) is 12.5 Å². The molecule has 17 heteroatoms. The van der Waals surface area contributed by atoms with Crippen LogP contribution in [-0.2, 0) is 34.2 Å². The normalized spacial score (nSPS) is 24.1. The van der Waals surface area contributed by atoms with Crippen LogP contribution in [0.1, 0.15) is 71.9 Å². The fraction of sp³-hybridized carbons (Fsp3) is 0.541. The lowest BCUT2D eigenvalue weighted by atomic mass is 9.85. The molecular formula is C37H46F2N6O8S. The molecule has 6 rings (SSSR count). The number of ether oxygens (including phenoxy) is 1. The molecule has 292 valence electrons. The summed E-state index contributed by atoms with van der Waals surface area (Å²) in [6, 6.07) is 12.7. The molecular weight excluding hydrogens is 727 g/mol. The van der Waals surface area contributed by atoms with Crippen molar-refractivity contribution >= 4 is 39.7 Å². The Morgan fingerprint density at radius 1 is 0.926 bits per heavy atom. The second-order valence-electron chi connectivity index (χ2n) is 16.2. The fourth-order valence-corrected chi connectivity index (χ4v) is 8.27. The molecule has 54 heavy (non-hydrogen) atoms. The number of carbonyl (C=O) groups excluding carboxylic acids is 4. The predicted molar refractivity (Wildman–Crippen MR) is 193 cm³/mol. The number of nitrogens with one attached hydrogen (secondary N) is 3. The van der Waals surface area contributed by atoms with Gasteiger partial charge in [-0.1, -0.05) is 74.5 Å². The van der Waals surface area contributed by atoms with Crippen LogP contribution in [0.5, 0.6) is 0 Å². The highest BCUT2D eigenvalue weighted by molar-refractivity contribution is 7.87. The zero-order valence-electron chi connectivity index (χ0n) is 31.0. The number of amides is 4. The highest BCUT2D eigenvalue weighted by Gasteiger charge is 2.66. The fourth-order valence-electron chi connectivity index (χ4n) is 6.98. The van der Waals surface area contributed by atoms with Crippen molar-refractivity contribution in [3.8, 4) is 11.1 Å². The number of benzene rings is 2. The molecule has 2 aliphatic heterocycles. The molecule has 0 radical (unpaired) electrons. The van der Waals surface area contributed by atoms with Gasteiger partial charge >= 0.3 is 16.3 Å². The molecule has 3 fully saturated rings. The minimum atomic E-state index is -4.33. The lowest BCUT2D eigenvalue weighted by Crippen LogP contribution is -2.61. The van der Waals surface area contributed by atoms with Crippen LogP contribution in [0.4, 0.5) is 13.6 Å². The molecule has 0 bridgehead atoms. The van der Waals surface area contributed by atoms with E-state index in [0.29, 0.717) is 12.1 Å². The summed E-state index contributed by atoms with van der Waals surface area (Å²) in [4.78, 5) is 62.2. The topological polar surface area (TPSA) is 176 Å². The Labute approximate surface area is 313 Å². The summed E-state index contributed by atoms with van der Waals surface area (Å²) in [5, 5.41) is 9.53. The van der Waals surface area contributed by atoms with E-state index in [1.807, 2.05) is 53.3 Å². The first-order valence-corrected chi connectivity index (χ1v) is 19.3. The molecule has 3 N–H and O–H groups in total. The van der Waals surface area contributed by atoms with Crippen molar-refractivity contribution in [1.82, 2.24) is 24.6 Å². The highest BCUT2D eigenvalue weighted by Crippen LogP contribution is 2.48. The molecule has 1 unspecified atom stereocenters. The van der Waals surface area contributed by atoms with E-state index in [-0.39, 0.29) is 26.1 Å². The van der Waals surface area contributed by atoms with E-state index in [1.165, 1.54) is 4.90 Å². The molecule has 2 aromatic carbocycles. The average molecular weight is 773 g/mol. The second-order valence-corrected chi connectivity index (χ2v) is 17.9. The number of oxime groups is 1. The third kappa shape index (κ3) is 7.78.